The second-order valence-corrected chi connectivity index (χ2v) is 7.00. The molecule has 0 amide bonds. The molecule has 0 aliphatic heterocycles. The van der Waals surface area contributed by atoms with E-state index in [1.54, 1.807) is 0 Å². The van der Waals surface area contributed by atoms with Crippen LogP contribution in [0.5, 0.6) is 0 Å². The Morgan fingerprint density at radius 1 is 0.905 bits per heavy atom. The molecule has 2 aromatic carbocycles. The molecule has 0 radical (unpaired) electrons. The Bertz CT molecular complexity index is 519. The third kappa shape index (κ3) is 5.22. The Hall–Kier alpha value is -1.25. The third-order valence-corrected chi connectivity index (χ3v) is 4.70. The maximum atomic E-state index is 6.28. The van der Waals surface area contributed by atoms with Crippen molar-refractivity contribution in [3.05, 3.63) is 60.2 Å². The average Bonchev–Trinajstić information content (AvgIpc) is 2.52. The van der Waals surface area contributed by atoms with Crippen molar-refractivity contribution in [2.75, 3.05) is 11.5 Å². The summed E-state index contributed by atoms with van der Waals surface area (Å²) in [7, 11) is 0. The van der Waals surface area contributed by atoms with Gasteiger partial charge >= 0.3 is 0 Å². The largest absolute Gasteiger partial charge is 0.323 e. The first-order valence-electron chi connectivity index (χ1n) is 7.65. The molecule has 0 bridgehead atoms. The van der Waals surface area contributed by atoms with E-state index < -0.39 is 0 Å². The lowest BCUT2D eigenvalue weighted by Crippen LogP contribution is -2.13. The van der Waals surface area contributed by atoms with E-state index in [9.17, 15) is 0 Å². The van der Waals surface area contributed by atoms with Gasteiger partial charge in [-0.1, -0.05) is 68.4 Å². The molecule has 2 rings (SSSR count). The number of thioether (sulfide) groups is 1. The van der Waals surface area contributed by atoms with E-state index in [4.69, 9.17) is 5.73 Å². The van der Waals surface area contributed by atoms with Crippen molar-refractivity contribution in [2.45, 2.75) is 26.3 Å². The molecular formula is C19H25NS. The number of hydrogen-bond acceptors (Lipinski definition) is 2. The summed E-state index contributed by atoms with van der Waals surface area (Å²) in [5.74, 6) is 2.98. The van der Waals surface area contributed by atoms with Crippen molar-refractivity contribution in [2.24, 2.45) is 11.7 Å². The summed E-state index contributed by atoms with van der Waals surface area (Å²) in [4.78, 5) is 0. The third-order valence-electron chi connectivity index (χ3n) is 3.58. The second kappa shape index (κ2) is 8.26. The van der Waals surface area contributed by atoms with Crippen LogP contribution < -0.4 is 5.73 Å². The molecule has 0 fully saturated rings. The Morgan fingerprint density at radius 3 is 2.14 bits per heavy atom. The fourth-order valence-corrected chi connectivity index (χ4v) is 3.43. The van der Waals surface area contributed by atoms with E-state index in [-0.39, 0.29) is 6.04 Å². The van der Waals surface area contributed by atoms with Crippen LogP contribution in [0.15, 0.2) is 54.6 Å². The molecule has 1 nitrogen and oxygen atoms in total. The van der Waals surface area contributed by atoms with Crippen LogP contribution in [0.2, 0.25) is 0 Å². The van der Waals surface area contributed by atoms with Gasteiger partial charge in [0.15, 0.2) is 0 Å². The van der Waals surface area contributed by atoms with Crippen molar-refractivity contribution in [1.29, 1.82) is 0 Å². The molecule has 1 atom stereocenters. The molecule has 112 valence electrons. The smallest absolute Gasteiger partial charge is 0.0386 e. The van der Waals surface area contributed by atoms with Crippen LogP contribution in [0, 0.1) is 5.92 Å². The minimum atomic E-state index is 0.131. The summed E-state index contributed by atoms with van der Waals surface area (Å²) < 4.78 is 0. The summed E-state index contributed by atoms with van der Waals surface area (Å²) in [5.41, 5.74) is 10.0. The van der Waals surface area contributed by atoms with Crippen LogP contribution >= 0.6 is 11.8 Å². The van der Waals surface area contributed by atoms with Gasteiger partial charge in [0, 0.05) is 11.8 Å². The van der Waals surface area contributed by atoms with Gasteiger partial charge in [0.25, 0.3) is 0 Å². The number of hydrogen-bond donors (Lipinski definition) is 1. The van der Waals surface area contributed by atoms with Gasteiger partial charge in [0.05, 0.1) is 0 Å². The number of rotatable bonds is 7. The molecule has 0 aliphatic rings. The normalized spacial score (nSPS) is 12.6. The highest BCUT2D eigenvalue weighted by molar-refractivity contribution is 7.99. The molecular weight excluding hydrogens is 274 g/mol. The van der Waals surface area contributed by atoms with E-state index in [0.717, 1.165) is 11.7 Å². The molecule has 21 heavy (non-hydrogen) atoms. The van der Waals surface area contributed by atoms with E-state index in [1.807, 2.05) is 17.8 Å². The molecule has 0 aliphatic carbocycles. The predicted molar refractivity (Wildman–Crippen MR) is 95.6 cm³/mol. The van der Waals surface area contributed by atoms with Crippen LogP contribution in [0.25, 0.3) is 11.1 Å². The fraction of sp³-hybridized carbons (Fsp3) is 0.368. The number of nitrogens with two attached hydrogens (primary N) is 1. The highest BCUT2D eigenvalue weighted by atomic mass is 32.2. The van der Waals surface area contributed by atoms with Crippen LogP contribution in [0.3, 0.4) is 0 Å². The zero-order valence-corrected chi connectivity index (χ0v) is 13.8. The van der Waals surface area contributed by atoms with Crippen molar-refractivity contribution >= 4 is 11.8 Å². The van der Waals surface area contributed by atoms with Crippen molar-refractivity contribution < 1.29 is 0 Å². The van der Waals surface area contributed by atoms with Gasteiger partial charge in [-0.3, -0.25) is 0 Å². The van der Waals surface area contributed by atoms with Crippen LogP contribution in [-0.2, 0) is 0 Å². The quantitative estimate of drug-likeness (QED) is 0.717. The monoisotopic (exact) mass is 299 g/mol. The molecule has 2 heteroatoms. The first kappa shape index (κ1) is 16.1. The highest BCUT2D eigenvalue weighted by Crippen LogP contribution is 2.23. The lowest BCUT2D eigenvalue weighted by Gasteiger charge is -2.13. The Morgan fingerprint density at radius 2 is 1.52 bits per heavy atom. The summed E-state index contributed by atoms with van der Waals surface area (Å²) in [5, 5.41) is 0. The predicted octanol–water partition coefficient (Wildman–Crippen LogP) is 5.13. The van der Waals surface area contributed by atoms with Gasteiger partial charge in [0.1, 0.15) is 0 Å². The van der Waals surface area contributed by atoms with Crippen LogP contribution in [0.4, 0.5) is 0 Å². The van der Waals surface area contributed by atoms with Gasteiger partial charge in [-0.2, -0.15) is 11.8 Å². The molecule has 0 saturated heterocycles. The van der Waals surface area contributed by atoms with Gasteiger partial charge in [-0.25, -0.2) is 0 Å². The Labute approximate surface area is 133 Å². The summed E-state index contributed by atoms with van der Waals surface area (Å²) in [6.07, 6.45) is 1.27. The molecule has 0 heterocycles. The van der Waals surface area contributed by atoms with Gasteiger partial charge in [0.2, 0.25) is 0 Å². The lowest BCUT2D eigenvalue weighted by atomic mass is 10.0. The maximum Gasteiger partial charge on any atom is 0.0386 e. The summed E-state index contributed by atoms with van der Waals surface area (Å²) >= 11 is 1.96. The van der Waals surface area contributed by atoms with Crippen LogP contribution in [0.1, 0.15) is 31.9 Å². The average molecular weight is 299 g/mol. The van der Waals surface area contributed by atoms with Gasteiger partial charge in [-0.15, -0.1) is 0 Å². The molecule has 0 aromatic heterocycles. The molecule has 1 unspecified atom stereocenters. The lowest BCUT2D eigenvalue weighted by molar-refractivity contribution is 0.631. The van der Waals surface area contributed by atoms with Crippen molar-refractivity contribution in [3.63, 3.8) is 0 Å². The SMILES string of the molecule is CC(C)CCSCC(N)c1ccc(-c2ccccc2)cc1. The zero-order chi connectivity index (χ0) is 15.1. The second-order valence-electron chi connectivity index (χ2n) is 5.85. The van der Waals surface area contributed by atoms with E-state index >= 15 is 0 Å². The first-order chi connectivity index (χ1) is 10.2. The Balaban J connectivity index is 1.89. The molecule has 0 saturated carbocycles. The summed E-state index contributed by atoms with van der Waals surface area (Å²) in [6, 6.07) is 19.3. The van der Waals surface area contributed by atoms with Gasteiger partial charge in [-0.05, 0) is 34.8 Å². The highest BCUT2D eigenvalue weighted by Gasteiger charge is 2.07. The minimum Gasteiger partial charge on any atom is -0.323 e. The Kier molecular flexibility index (Phi) is 6.34. The van der Waals surface area contributed by atoms with E-state index in [2.05, 4.69) is 62.4 Å². The number of benzene rings is 2. The van der Waals surface area contributed by atoms with Crippen LogP contribution in [-0.4, -0.2) is 11.5 Å². The fourth-order valence-electron chi connectivity index (χ4n) is 2.18. The van der Waals surface area contributed by atoms with Crippen molar-refractivity contribution in [1.82, 2.24) is 0 Å². The molecule has 0 spiro atoms. The first-order valence-corrected chi connectivity index (χ1v) is 8.81. The van der Waals surface area contributed by atoms with Crippen molar-refractivity contribution in [3.8, 4) is 11.1 Å². The van der Waals surface area contributed by atoms with Gasteiger partial charge < -0.3 is 5.73 Å². The van der Waals surface area contributed by atoms with E-state index in [0.29, 0.717) is 0 Å². The topological polar surface area (TPSA) is 26.0 Å². The molecule has 2 N–H and O–H groups in total. The minimum absolute atomic E-state index is 0.131. The molecule has 2 aromatic rings. The maximum absolute atomic E-state index is 6.28. The zero-order valence-electron chi connectivity index (χ0n) is 13.0. The standard InChI is InChI=1S/C19H25NS/c1-15(2)12-13-21-14-19(20)18-10-8-17(9-11-18)16-6-4-3-5-7-16/h3-11,15,19H,12-14,20H2,1-2H3. The van der Waals surface area contributed by atoms with E-state index in [1.165, 1.54) is 28.9 Å². The summed E-state index contributed by atoms with van der Waals surface area (Å²) in [6.45, 7) is 4.53.